The van der Waals surface area contributed by atoms with E-state index < -0.39 is 6.10 Å². The molecule has 0 bridgehead atoms. The third kappa shape index (κ3) is 55.0. The Bertz CT molecular complexity index is 1440. The Balaban J connectivity index is 4.50. The van der Waals surface area contributed by atoms with Gasteiger partial charge >= 0.3 is 17.9 Å². The van der Waals surface area contributed by atoms with E-state index >= 15 is 0 Å². The molecule has 0 aromatic carbocycles. The summed E-state index contributed by atoms with van der Waals surface area (Å²) in [5.41, 5.74) is 0. The Morgan fingerprint density at radius 3 is 0.929 bits per heavy atom. The third-order valence-electron chi connectivity index (χ3n) is 12.2. The van der Waals surface area contributed by atoms with Crippen LogP contribution < -0.4 is 0 Å². The maximum Gasteiger partial charge on any atom is 0.306 e. The normalized spacial score (nSPS) is 12.9. The zero-order chi connectivity index (χ0) is 50.7. The molecule has 6 heteroatoms. The lowest BCUT2D eigenvalue weighted by Crippen LogP contribution is -2.30. The summed E-state index contributed by atoms with van der Waals surface area (Å²) in [5, 5.41) is 0. The van der Waals surface area contributed by atoms with Gasteiger partial charge in [0.15, 0.2) is 6.10 Å². The van der Waals surface area contributed by atoms with Gasteiger partial charge in [-0.05, 0) is 89.9 Å². The average molecular weight is 972 g/mol. The van der Waals surface area contributed by atoms with Crippen molar-refractivity contribution in [3.63, 3.8) is 0 Å². The van der Waals surface area contributed by atoms with Gasteiger partial charge < -0.3 is 14.2 Å². The molecule has 0 fully saturated rings. The second kappa shape index (κ2) is 57.6. The standard InChI is InChI=1S/C64H106O6/c1-4-7-10-13-16-19-22-25-28-30-32-34-36-39-42-45-48-51-54-57-63(66)69-60-61(59-68-62(65)56-53-50-47-44-41-38-35-27-24-21-18-15-12-9-6-3)70-64(67)58-55-52-49-46-43-40-37-33-31-29-26-23-20-17-14-11-8-5-2/h9,12,15,18,21,23-24,26-27,29-33,35,37-38,41,61H,4-8,10-11,13-14,16-17,19-20,22,25,28,34,36,39-40,42-60H2,1-3H3/b12-9-,18-15-,24-21-,26-23-,31-29-,32-30-,35-27-,37-33-,41-38-. The highest BCUT2D eigenvalue weighted by atomic mass is 16.6. The van der Waals surface area contributed by atoms with Crippen LogP contribution in [-0.2, 0) is 28.6 Å². The van der Waals surface area contributed by atoms with Gasteiger partial charge in [0.1, 0.15) is 13.2 Å². The van der Waals surface area contributed by atoms with E-state index in [2.05, 4.69) is 81.5 Å². The maximum absolute atomic E-state index is 12.9. The summed E-state index contributed by atoms with van der Waals surface area (Å²) < 4.78 is 16.8. The molecular weight excluding hydrogens is 865 g/mol. The molecule has 0 aromatic rings. The minimum atomic E-state index is -0.811. The van der Waals surface area contributed by atoms with Crippen LogP contribution in [0.25, 0.3) is 0 Å². The number of ether oxygens (including phenoxy) is 3. The van der Waals surface area contributed by atoms with Crippen molar-refractivity contribution < 1.29 is 28.6 Å². The van der Waals surface area contributed by atoms with Crippen LogP contribution in [0.15, 0.2) is 109 Å². The van der Waals surface area contributed by atoms with E-state index in [1.165, 1.54) is 122 Å². The fourth-order valence-corrected chi connectivity index (χ4v) is 7.81. The maximum atomic E-state index is 12.9. The molecule has 0 aromatic heterocycles. The van der Waals surface area contributed by atoms with Crippen LogP contribution in [0, 0.1) is 0 Å². The second-order valence-corrected chi connectivity index (χ2v) is 19.0. The van der Waals surface area contributed by atoms with E-state index in [0.29, 0.717) is 19.3 Å². The van der Waals surface area contributed by atoms with Crippen LogP contribution in [-0.4, -0.2) is 37.2 Å². The monoisotopic (exact) mass is 971 g/mol. The Morgan fingerprint density at radius 2 is 0.571 bits per heavy atom. The highest BCUT2D eigenvalue weighted by Gasteiger charge is 2.19. The number of hydrogen-bond acceptors (Lipinski definition) is 6. The van der Waals surface area contributed by atoms with Gasteiger partial charge in [-0.1, -0.05) is 259 Å². The SMILES string of the molecule is CC\C=C/C=C\C=C/C=C\C=C/CCCCCC(=O)OCC(COC(=O)CCCCCCCCC/C=C\CCCCCCCCCC)OC(=O)CCCCCCC\C=C/C=C\C=C/CCCCCCC. The Morgan fingerprint density at radius 1 is 0.300 bits per heavy atom. The van der Waals surface area contributed by atoms with Crippen LogP contribution in [0.1, 0.15) is 258 Å². The Kier molecular flexibility index (Phi) is 54.4. The molecule has 1 unspecified atom stereocenters. The highest BCUT2D eigenvalue weighted by molar-refractivity contribution is 5.71. The summed E-state index contributed by atoms with van der Waals surface area (Å²) in [4.78, 5) is 38.2. The number of carbonyl (C=O) groups is 3. The van der Waals surface area contributed by atoms with Crippen molar-refractivity contribution in [1.29, 1.82) is 0 Å². The fourth-order valence-electron chi connectivity index (χ4n) is 7.81. The molecule has 398 valence electrons. The molecule has 0 saturated carbocycles. The van der Waals surface area contributed by atoms with Gasteiger partial charge in [0.2, 0.25) is 0 Å². The molecule has 0 spiro atoms. The van der Waals surface area contributed by atoms with Crippen molar-refractivity contribution in [2.75, 3.05) is 13.2 Å². The van der Waals surface area contributed by atoms with E-state index in [9.17, 15) is 14.4 Å². The minimum Gasteiger partial charge on any atom is -0.462 e. The van der Waals surface area contributed by atoms with Gasteiger partial charge in [0.05, 0.1) is 0 Å². The lowest BCUT2D eigenvalue weighted by Gasteiger charge is -2.18. The van der Waals surface area contributed by atoms with Gasteiger partial charge in [-0.25, -0.2) is 0 Å². The first-order valence-electron chi connectivity index (χ1n) is 29.0. The molecule has 70 heavy (non-hydrogen) atoms. The van der Waals surface area contributed by atoms with E-state index in [0.717, 1.165) is 96.3 Å². The zero-order valence-electron chi connectivity index (χ0n) is 45.5. The van der Waals surface area contributed by atoms with Crippen molar-refractivity contribution in [1.82, 2.24) is 0 Å². The van der Waals surface area contributed by atoms with Crippen LogP contribution in [0.5, 0.6) is 0 Å². The van der Waals surface area contributed by atoms with Crippen molar-refractivity contribution in [2.45, 2.75) is 264 Å². The summed E-state index contributed by atoms with van der Waals surface area (Å²) in [6.07, 6.45) is 77.9. The number of allylic oxidation sites excluding steroid dienone is 18. The molecule has 6 nitrogen and oxygen atoms in total. The van der Waals surface area contributed by atoms with Crippen LogP contribution >= 0.6 is 0 Å². The van der Waals surface area contributed by atoms with Gasteiger partial charge in [-0.2, -0.15) is 0 Å². The summed E-state index contributed by atoms with van der Waals surface area (Å²) in [6.45, 7) is 6.43. The highest BCUT2D eigenvalue weighted by Crippen LogP contribution is 2.14. The lowest BCUT2D eigenvalue weighted by molar-refractivity contribution is -0.167. The van der Waals surface area contributed by atoms with E-state index in [1.54, 1.807) is 0 Å². The first kappa shape index (κ1) is 66.1. The predicted octanol–water partition coefficient (Wildman–Crippen LogP) is 19.5. The average Bonchev–Trinajstić information content (AvgIpc) is 3.36. The Hall–Kier alpha value is -3.93. The molecule has 0 radical (unpaired) electrons. The zero-order valence-corrected chi connectivity index (χ0v) is 45.5. The van der Waals surface area contributed by atoms with Crippen LogP contribution in [0.2, 0.25) is 0 Å². The molecule has 0 rings (SSSR count). The van der Waals surface area contributed by atoms with Crippen molar-refractivity contribution >= 4 is 17.9 Å². The molecule has 1 atom stereocenters. The molecule has 0 aliphatic heterocycles. The summed E-state index contributed by atoms with van der Waals surface area (Å²) >= 11 is 0. The summed E-state index contributed by atoms with van der Waals surface area (Å²) in [6, 6.07) is 0. The van der Waals surface area contributed by atoms with Crippen LogP contribution in [0.4, 0.5) is 0 Å². The summed E-state index contributed by atoms with van der Waals surface area (Å²) in [7, 11) is 0. The Labute approximate surface area is 431 Å². The molecular formula is C64H106O6. The largest absolute Gasteiger partial charge is 0.462 e. The smallest absolute Gasteiger partial charge is 0.306 e. The molecule has 0 N–H and O–H groups in total. The molecule has 0 aliphatic carbocycles. The lowest BCUT2D eigenvalue weighted by atomic mass is 10.1. The van der Waals surface area contributed by atoms with Gasteiger partial charge in [-0.15, -0.1) is 0 Å². The van der Waals surface area contributed by atoms with Crippen molar-refractivity contribution in [2.24, 2.45) is 0 Å². The minimum absolute atomic E-state index is 0.104. The topological polar surface area (TPSA) is 78.9 Å². The first-order chi connectivity index (χ1) is 34.5. The quantitative estimate of drug-likeness (QED) is 0.0199. The van der Waals surface area contributed by atoms with E-state index in [-0.39, 0.29) is 31.1 Å². The molecule has 0 heterocycles. The summed E-state index contributed by atoms with van der Waals surface area (Å²) in [5.74, 6) is -0.970. The second-order valence-electron chi connectivity index (χ2n) is 19.0. The number of carbonyl (C=O) groups excluding carboxylic acids is 3. The van der Waals surface area contributed by atoms with E-state index in [1.807, 2.05) is 48.6 Å². The number of hydrogen-bond donors (Lipinski definition) is 0. The predicted molar refractivity (Wildman–Crippen MR) is 302 cm³/mol. The van der Waals surface area contributed by atoms with Gasteiger partial charge in [0.25, 0.3) is 0 Å². The van der Waals surface area contributed by atoms with Gasteiger partial charge in [0, 0.05) is 19.3 Å². The van der Waals surface area contributed by atoms with Gasteiger partial charge in [-0.3, -0.25) is 14.4 Å². The first-order valence-corrected chi connectivity index (χ1v) is 29.0. The van der Waals surface area contributed by atoms with Crippen molar-refractivity contribution in [3.8, 4) is 0 Å². The fraction of sp³-hybridized carbons (Fsp3) is 0.672. The van der Waals surface area contributed by atoms with Crippen molar-refractivity contribution in [3.05, 3.63) is 109 Å². The molecule has 0 saturated heterocycles. The number of esters is 3. The van der Waals surface area contributed by atoms with Crippen LogP contribution in [0.3, 0.4) is 0 Å². The number of rotatable bonds is 51. The number of unbranched alkanes of at least 4 members (excludes halogenated alkanes) is 28. The third-order valence-corrected chi connectivity index (χ3v) is 12.2. The molecule has 0 amide bonds. The molecule has 0 aliphatic rings. The van der Waals surface area contributed by atoms with E-state index in [4.69, 9.17) is 14.2 Å².